The van der Waals surface area contributed by atoms with Crippen molar-refractivity contribution in [1.82, 2.24) is 9.88 Å². The van der Waals surface area contributed by atoms with Crippen molar-refractivity contribution in [3.8, 4) is 11.3 Å². The number of pyridine rings is 1. The Morgan fingerprint density at radius 3 is 2.77 bits per heavy atom. The van der Waals surface area contributed by atoms with Crippen molar-refractivity contribution in [2.45, 2.75) is 18.9 Å². The molecule has 0 spiro atoms. The van der Waals surface area contributed by atoms with E-state index in [-0.39, 0.29) is 24.4 Å². The zero-order valence-corrected chi connectivity index (χ0v) is 14.2. The molecule has 2 aromatic carbocycles. The summed E-state index contributed by atoms with van der Waals surface area (Å²) in [5.41, 5.74) is 1.95. The second-order valence-electron chi connectivity index (χ2n) is 6.53. The summed E-state index contributed by atoms with van der Waals surface area (Å²) in [6.07, 6.45) is 1.67. The number of carbonyl (C=O) groups is 1. The van der Waals surface area contributed by atoms with Gasteiger partial charge >= 0.3 is 0 Å². The average molecular weight is 350 g/mol. The molecule has 0 aliphatic carbocycles. The molecule has 1 aromatic heterocycles. The number of carbonyl (C=O) groups excluding carboxylic acids is 1. The Balaban J connectivity index is 1.88. The van der Waals surface area contributed by atoms with Gasteiger partial charge < -0.3 is 10.0 Å². The molecule has 1 unspecified atom stereocenters. The summed E-state index contributed by atoms with van der Waals surface area (Å²) >= 11 is 0. The van der Waals surface area contributed by atoms with E-state index >= 15 is 0 Å². The van der Waals surface area contributed by atoms with Gasteiger partial charge in [-0.25, -0.2) is 9.37 Å². The predicted molar refractivity (Wildman–Crippen MR) is 98.3 cm³/mol. The summed E-state index contributed by atoms with van der Waals surface area (Å²) in [6.45, 7) is 0.574. The number of benzene rings is 2. The number of likely N-dealkylation sites (tertiary alicyclic amines) is 1. The van der Waals surface area contributed by atoms with E-state index in [1.165, 1.54) is 6.07 Å². The van der Waals surface area contributed by atoms with Crippen molar-refractivity contribution < 1.29 is 14.3 Å². The van der Waals surface area contributed by atoms with Crippen LogP contribution in [0.4, 0.5) is 4.39 Å². The van der Waals surface area contributed by atoms with Crippen LogP contribution in [0.2, 0.25) is 0 Å². The van der Waals surface area contributed by atoms with E-state index in [9.17, 15) is 14.3 Å². The van der Waals surface area contributed by atoms with Gasteiger partial charge in [0.05, 0.1) is 29.4 Å². The van der Waals surface area contributed by atoms with Gasteiger partial charge in [0, 0.05) is 17.5 Å². The number of rotatable bonds is 3. The molecule has 1 aliphatic rings. The molecule has 1 aliphatic heterocycles. The molecule has 0 radical (unpaired) electrons. The fourth-order valence-electron chi connectivity index (χ4n) is 3.61. The summed E-state index contributed by atoms with van der Waals surface area (Å²) in [5, 5.41) is 10.3. The van der Waals surface area contributed by atoms with Gasteiger partial charge in [0.25, 0.3) is 5.91 Å². The Morgan fingerprint density at radius 1 is 1.19 bits per heavy atom. The number of para-hydroxylation sites is 1. The molecule has 0 bridgehead atoms. The average Bonchev–Trinajstić information content (AvgIpc) is 3.16. The first-order valence-electron chi connectivity index (χ1n) is 8.75. The molecule has 1 atom stereocenters. The highest BCUT2D eigenvalue weighted by molar-refractivity contribution is 6.07. The van der Waals surface area contributed by atoms with Crippen molar-refractivity contribution in [3.63, 3.8) is 0 Å². The first-order chi connectivity index (χ1) is 12.7. The summed E-state index contributed by atoms with van der Waals surface area (Å²) in [4.78, 5) is 19.5. The number of aliphatic hydroxyl groups excluding tert-OH is 1. The van der Waals surface area contributed by atoms with Crippen LogP contribution in [-0.2, 0) is 0 Å². The van der Waals surface area contributed by atoms with Gasteiger partial charge in [-0.2, -0.15) is 0 Å². The topological polar surface area (TPSA) is 53.4 Å². The fourth-order valence-corrected chi connectivity index (χ4v) is 3.61. The van der Waals surface area contributed by atoms with Crippen LogP contribution in [-0.4, -0.2) is 40.1 Å². The van der Waals surface area contributed by atoms with Crippen molar-refractivity contribution >= 4 is 16.8 Å². The minimum absolute atomic E-state index is 0.0467. The number of halogens is 1. The fraction of sp³-hybridized carbons (Fsp3) is 0.238. The monoisotopic (exact) mass is 350 g/mol. The molecule has 1 fully saturated rings. The molecule has 132 valence electrons. The quantitative estimate of drug-likeness (QED) is 0.785. The van der Waals surface area contributed by atoms with Gasteiger partial charge in [-0.15, -0.1) is 0 Å². The van der Waals surface area contributed by atoms with Crippen LogP contribution in [0.3, 0.4) is 0 Å². The van der Waals surface area contributed by atoms with E-state index in [1.54, 1.807) is 29.2 Å². The smallest absolute Gasteiger partial charge is 0.254 e. The highest BCUT2D eigenvalue weighted by atomic mass is 19.1. The number of fused-ring (bicyclic) bond motifs is 1. The summed E-state index contributed by atoms with van der Waals surface area (Å²) in [5.74, 6) is -0.513. The lowest BCUT2D eigenvalue weighted by Gasteiger charge is -2.24. The lowest BCUT2D eigenvalue weighted by molar-refractivity contribution is 0.0679. The van der Waals surface area contributed by atoms with E-state index in [4.69, 9.17) is 0 Å². The maximum absolute atomic E-state index is 14.3. The normalized spacial score (nSPS) is 17.0. The predicted octanol–water partition coefficient (Wildman–Crippen LogP) is 3.64. The van der Waals surface area contributed by atoms with Gasteiger partial charge in [-0.1, -0.05) is 30.3 Å². The molecular weight excluding hydrogens is 331 g/mol. The zero-order valence-electron chi connectivity index (χ0n) is 14.2. The molecule has 1 saturated heterocycles. The minimum Gasteiger partial charge on any atom is -0.394 e. The van der Waals surface area contributed by atoms with Crippen LogP contribution in [0.5, 0.6) is 0 Å². The standard InChI is InChI=1S/C21H19FN2O2/c22-18-9-3-1-8-16(18)20-12-17(15-7-2-4-10-19(15)23-20)21(26)24-11-5-6-14(24)13-25/h1-4,7-10,12,14,25H,5-6,11,13H2. The van der Waals surface area contributed by atoms with Gasteiger partial charge in [0.15, 0.2) is 0 Å². The van der Waals surface area contributed by atoms with Crippen LogP contribution in [0, 0.1) is 5.82 Å². The number of hydrogen-bond donors (Lipinski definition) is 1. The molecule has 3 aromatic rings. The van der Waals surface area contributed by atoms with Gasteiger partial charge in [-0.3, -0.25) is 4.79 Å². The Hall–Kier alpha value is -2.79. The molecule has 4 nitrogen and oxygen atoms in total. The minimum atomic E-state index is -0.372. The van der Waals surface area contributed by atoms with Crippen LogP contribution < -0.4 is 0 Å². The summed E-state index contributed by atoms with van der Waals surface area (Å²) in [7, 11) is 0. The third-order valence-corrected chi connectivity index (χ3v) is 4.95. The van der Waals surface area contributed by atoms with E-state index in [2.05, 4.69) is 4.98 Å². The van der Waals surface area contributed by atoms with Crippen molar-refractivity contribution in [1.29, 1.82) is 0 Å². The molecular formula is C21H19FN2O2. The molecule has 26 heavy (non-hydrogen) atoms. The molecule has 1 amide bonds. The van der Waals surface area contributed by atoms with E-state index in [1.807, 2.05) is 24.3 Å². The van der Waals surface area contributed by atoms with E-state index in [0.29, 0.717) is 28.9 Å². The van der Waals surface area contributed by atoms with Gasteiger partial charge in [0.2, 0.25) is 0 Å². The number of amides is 1. The molecule has 5 heteroatoms. The number of nitrogens with zero attached hydrogens (tertiary/aromatic N) is 2. The van der Waals surface area contributed by atoms with Crippen LogP contribution in [0.25, 0.3) is 22.2 Å². The second-order valence-corrected chi connectivity index (χ2v) is 6.53. The van der Waals surface area contributed by atoms with Crippen LogP contribution in [0.15, 0.2) is 54.6 Å². The van der Waals surface area contributed by atoms with E-state index in [0.717, 1.165) is 18.2 Å². The second kappa shape index (κ2) is 6.84. The molecule has 4 rings (SSSR count). The van der Waals surface area contributed by atoms with Gasteiger partial charge in [-0.05, 0) is 37.1 Å². The Kier molecular flexibility index (Phi) is 4.39. The SMILES string of the molecule is O=C(c1cc(-c2ccccc2F)nc2ccccc12)N1CCCC1CO. The molecule has 1 N–H and O–H groups in total. The summed E-state index contributed by atoms with van der Waals surface area (Å²) < 4.78 is 14.3. The van der Waals surface area contributed by atoms with Crippen LogP contribution >= 0.6 is 0 Å². The highest BCUT2D eigenvalue weighted by Crippen LogP contribution is 2.29. The van der Waals surface area contributed by atoms with Gasteiger partial charge in [0.1, 0.15) is 5.82 Å². The van der Waals surface area contributed by atoms with Crippen molar-refractivity contribution in [2.75, 3.05) is 13.2 Å². The molecule has 2 heterocycles. The van der Waals surface area contributed by atoms with Crippen molar-refractivity contribution in [3.05, 3.63) is 66.0 Å². The first-order valence-corrected chi connectivity index (χ1v) is 8.75. The number of aliphatic hydroxyl groups is 1. The first kappa shape index (κ1) is 16.7. The maximum atomic E-state index is 14.3. The van der Waals surface area contributed by atoms with Crippen molar-refractivity contribution in [2.24, 2.45) is 0 Å². The highest BCUT2D eigenvalue weighted by Gasteiger charge is 2.30. The third-order valence-electron chi connectivity index (χ3n) is 4.95. The number of hydrogen-bond acceptors (Lipinski definition) is 3. The Morgan fingerprint density at radius 2 is 1.96 bits per heavy atom. The maximum Gasteiger partial charge on any atom is 0.254 e. The van der Waals surface area contributed by atoms with E-state index < -0.39 is 0 Å². The summed E-state index contributed by atoms with van der Waals surface area (Å²) in [6, 6.07) is 15.3. The lowest BCUT2D eigenvalue weighted by Crippen LogP contribution is -2.37. The third kappa shape index (κ3) is 2.84. The molecule has 0 saturated carbocycles. The number of aromatic nitrogens is 1. The Labute approximate surface area is 150 Å². The van der Waals surface area contributed by atoms with Crippen LogP contribution in [0.1, 0.15) is 23.2 Å². The Bertz CT molecular complexity index is 973. The lowest BCUT2D eigenvalue weighted by atomic mass is 10.0. The zero-order chi connectivity index (χ0) is 18.1. The largest absolute Gasteiger partial charge is 0.394 e.